The maximum atomic E-state index is 12.5. The zero-order valence-electron chi connectivity index (χ0n) is 21.5. The van der Waals surface area contributed by atoms with Crippen LogP contribution in [0.25, 0.3) is 27.9 Å². The van der Waals surface area contributed by atoms with Crippen LogP contribution in [0.3, 0.4) is 0 Å². The molecule has 0 aliphatic carbocycles. The number of hydrogen-bond donors (Lipinski definition) is 1. The molecule has 37 heavy (non-hydrogen) atoms. The van der Waals surface area contributed by atoms with Crippen LogP contribution >= 0.6 is 0 Å². The van der Waals surface area contributed by atoms with Gasteiger partial charge < -0.3 is 23.9 Å². The van der Waals surface area contributed by atoms with Gasteiger partial charge in [-0.05, 0) is 62.7 Å². The number of anilines is 1. The fourth-order valence-corrected chi connectivity index (χ4v) is 4.67. The largest absolute Gasteiger partial charge is 0.451 e. The van der Waals surface area contributed by atoms with Gasteiger partial charge >= 0.3 is 5.97 Å². The monoisotopic (exact) mass is 498 g/mol. The van der Waals surface area contributed by atoms with Crippen molar-refractivity contribution in [3.05, 3.63) is 71.1 Å². The number of carbonyl (C=O) groups excluding carboxylic acids is 2. The van der Waals surface area contributed by atoms with Crippen LogP contribution in [0.5, 0.6) is 0 Å². The van der Waals surface area contributed by atoms with Crippen molar-refractivity contribution in [1.29, 1.82) is 5.26 Å². The third-order valence-electron chi connectivity index (χ3n) is 6.48. The summed E-state index contributed by atoms with van der Waals surface area (Å²) in [5, 5.41) is 14.4. The van der Waals surface area contributed by atoms with E-state index in [1.54, 1.807) is 7.11 Å². The van der Waals surface area contributed by atoms with Crippen LogP contribution in [0.15, 0.2) is 54.1 Å². The van der Waals surface area contributed by atoms with E-state index >= 15 is 0 Å². The molecule has 2 aromatic heterocycles. The Morgan fingerprint density at radius 1 is 1.05 bits per heavy atom. The van der Waals surface area contributed by atoms with Crippen LogP contribution in [0.2, 0.25) is 0 Å². The number of fused-ring (bicyclic) bond motifs is 3. The molecule has 4 aromatic rings. The van der Waals surface area contributed by atoms with E-state index in [2.05, 4.69) is 33.5 Å². The zero-order chi connectivity index (χ0) is 26.5. The van der Waals surface area contributed by atoms with E-state index in [1.807, 2.05) is 56.3 Å². The molecule has 1 amide bonds. The maximum absolute atomic E-state index is 12.5. The molecule has 0 spiro atoms. The first kappa shape index (κ1) is 25.7. The number of nitrogens with one attached hydrogen (secondary N) is 1. The molecule has 0 aliphatic rings. The molecule has 2 heterocycles. The Bertz CT molecular complexity index is 1550. The minimum absolute atomic E-state index is 0.173. The Hall–Kier alpha value is -4.35. The van der Waals surface area contributed by atoms with E-state index < -0.39 is 18.5 Å². The van der Waals surface area contributed by atoms with Gasteiger partial charge in [0.1, 0.15) is 11.6 Å². The van der Waals surface area contributed by atoms with Crippen molar-refractivity contribution in [3.63, 3.8) is 0 Å². The minimum atomic E-state index is -0.846. The number of esters is 1. The molecule has 8 heteroatoms. The number of carbonyl (C=O) groups is 2. The number of benzene rings is 2. The first-order valence-electron chi connectivity index (χ1n) is 12.1. The number of ether oxygens (including phenoxy) is 2. The Kier molecular flexibility index (Phi) is 7.75. The predicted octanol–water partition coefficient (Wildman–Crippen LogP) is 4.97. The van der Waals surface area contributed by atoms with Gasteiger partial charge in [0.05, 0.1) is 6.61 Å². The van der Waals surface area contributed by atoms with Crippen LogP contribution < -0.4 is 5.32 Å². The summed E-state index contributed by atoms with van der Waals surface area (Å²) < 4.78 is 14.6. The Balaban J connectivity index is 1.44. The molecule has 2 aromatic carbocycles. The predicted molar refractivity (Wildman–Crippen MR) is 144 cm³/mol. The van der Waals surface area contributed by atoms with Crippen molar-refractivity contribution < 1.29 is 19.1 Å². The average Bonchev–Trinajstić information content (AvgIpc) is 3.36. The highest BCUT2D eigenvalue weighted by atomic mass is 16.5. The standard InChI is InChI=1S/C29H30N4O4/c1-5-32-26-9-7-6-8-24(26)25-16-23(10-11-27(25)32)31-28(34)18-37-29(35)22(17-30)15-21-14-19(2)33(20(21)3)12-13-36-4/h6-11,14-16H,5,12-13,18H2,1-4H3,(H,31,34). The Morgan fingerprint density at radius 2 is 1.81 bits per heavy atom. The van der Waals surface area contributed by atoms with E-state index in [9.17, 15) is 14.9 Å². The third-order valence-corrected chi connectivity index (χ3v) is 6.48. The number of hydrogen-bond acceptors (Lipinski definition) is 5. The van der Waals surface area contributed by atoms with E-state index in [4.69, 9.17) is 9.47 Å². The summed E-state index contributed by atoms with van der Waals surface area (Å²) in [4.78, 5) is 25.1. The normalized spacial score (nSPS) is 11.6. The number of nitriles is 1. The Labute approximate surface area is 215 Å². The van der Waals surface area contributed by atoms with Gasteiger partial charge in [0.2, 0.25) is 0 Å². The molecule has 0 aliphatic heterocycles. The number of aryl methyl sites for hydroxylation is 2. The number of para-hydroxylation sites is 1. The van der Waals surface area contributed by atoms with Crippen LogP contribution in [-0.4, -0.2) is 41.3 Å². The smallest absolute Gasteiger partial charge is 0.349 e. The second-order valence-corrected chi connectivity index (χ2v) is 8.76. The summed E-state index contributed by atoms with van der Waals surface area (Å²) in [6.07, 6.45) is 1.49. The van der Waals surface area contributed by atoms with E-state index in [0.29, 0.717) is 18.8 Å². The molecular formula is C29H30N4O4. The molecule has 0 unspecified atom stereocenters. The molecule has 0 fully saturated rings. The van der Waals surface area contributed by atoms with E-state index in [1.165, 1.54) is 6.08 Å². The van der Waals surface area contributed by atoms with Crippen molar-refractivity contribution in [2.24, 2.45) is 0 Å². The van der Waals surface area contributed by atoms with Gasteiger partial charge in [0.15, 0.2) is 6.61 Å². The van der Waals surface area contributed by atoms with Gasteiger partial charge in [0.25, 0.3) is 5.91 Å². The van der Waals surface area contributed by atoms with Crippen molar-refractivity contribution in [2.75, 3.05) is 25.6 Å². The van der Waals surface area contributed by atoms with Crippen molar-refractivity contribution in [3.8, 4) is 6.07 Å². The molecule has 0 atom stereocenters. The fraction of sp³-hybridized carbons (Fsp3) is 0.276. The number of nitrogens with zero attached hydrogens (tertiary/aromatic N) is 3. The minimum Gasteiger partial charge on any atom is -0.451 e. The average molecular weight is 499 g/mol. The number of amides is 1. The summed E-state index contributed by atoms with van der Waals surface area (Å²) in [5.74, 6) is -1.33. The summed E-state index contributed by atoms with van der Waals surface area (Å²) in [5.41, 5.74) is 5.29. The highest BCUT2D eigenvalue weighted by Crippen LogP contribution is 2.31. The summed E-state index contributed by atoms with van der Waals surface area (Å²) in [7, 11) is 1.64. The number of rotatable bonds is 9. The van der Waals surface area contributed by atoms with Gasteiger partial charge in [-0.3, -0.25) is 4.79 Å². The lowest BCUT2D eigenvalue weighted by Crippen LogP contribution is -2.21. The molecular weight excluding hydrogens is 468 g/mol. The SMILES string of the molecule is CCn1c2ccccc2c2cc(NC(=O)COC(=O)C(C#N)=Cc3cc(C)n(CCOC)c3C)ccc21. The van der Waals surface area contributed by atoms with Gasteiger partial charge in [-0.15, -0.1) is 0 Å². The fourth-order valence-electron chi connectivity index (χ4n) is 4.67. The molecule has 8 nitrogen and oxygen atoms in total. The quantitative estimate of drug-likeness (QED) is 0.200. The summed E-state index contributed by atoms with van der Waals surface area (Å²) in [6.45, 7) is 7.51. The highest BCUT2D eigenvalue weighted by Gasteiger charge is 2.16. The lowest BCUT2D eigenvalue weighted by Gasteiger charge is -2.08. The topological polar surface area (TPSA) is 98.3 Å². The van der Waals surface area contributed by atoms with Gasteiger partial charge in [-0.25, -0.2) is 4.79 Å². The van der Waals surface area contributed by atoms with Crippen molar-refractivity contribution in [2.45, 2.75) is 33.9 Å². The Morgan fingerprint density at radius 3 is 2.54 bits per heavy atom. The number of methoxy groups -OCH3 is 1. The van der Waals surface area contributed by atoms with Crippen molar-refractivity contribution >= 4 is 45.4 Å². The van der Waals surface area contributed by atoms with Crippen LogP contribution in [0.1, 0.15) is 23.9 Å². The summed E-state index contributed by atoms with van der Waals surface area (Å²) in [6, 6.07) is 17.6. The van der Waals surface area contributed by atoms with Crippen LogP contribution in [0, 0.1) is 25.2 Å². The number of aromatic nitrogens is 2. The highest BCUT2D eigenvalue weighted by molar-refractivity contribution is 6.10. The molecule has 0 saturated carbocycles. The van der Waals surface area contributed by atoms with Gasteiger partial charge in [0, 0.05) is 59.1 Å². The van der Waals surface area contributed by atoms with Crippen LogP contribution in [0.4, 0.5) is 5.69 Å². The molecule has 0 bridgehead atoms. The molecule has 0 radical (unpaired) electrons. The first-order chi connectivity index (χ1) is 17.9. The first-order valence-corrected chi connectivity index (χ1v) is 12.1. The summed E-state index contributed by atoms with van der Waals surface area (Å²) >= 11 is 0. The van der Waals surface area contributed by atoms with Crippen LogP contribution in [-0.2, 0) is 32.2 Å². The third kappa shape index (κ3) is 5.27. The second kappa shape index (κ2) is 11.1. The second-order valence-electron chi connectivity index (χ2n) is 8.76. The lowest BCUT2D eigenvalue weighted by atomic mass is 10.1. The van der Waals surface area contributed by atoms with E-state index in [0.717, 1.165) is 45.3 Å². The van der Waals surface area contributed by atoms with Gasteiger partial charge in [-0.1, -0.05) is 18.2 Å². The lowest BCUT2D eigenvalue weighted by molar-refractivity contribution is -0.142. The zero-order valence-corrected chi connectivity index (χ0v) is 21.5. The van der Waals surface area contributed by atoms with Gasteiger partial charge in [-0.2, -0.15) is 5.26 Å². The molecule has 0 saturated heterocycles. The maximum Gasteiger partial charge on any atom is 0.349 e. The molecule has 190 valence electrons. The van der Waals surface area contributed by atoms with E-state index in [-0.39, 0.29) is 5.57 Å². The van der Waals surface area contributed by atoms with Crippen molar-refractivity contribution in [1.82, 2.24) is 9.13 Å². The molecule has 1 N–H and O–H groups in total. The molecule has 4 rings (SSSR count).